The van der Waals surface area contributed by atoms with Crippen LogP contribution in [0, 0.1) is 17.2 Å². The van der Waals surface area contributed by atoms with Crippen molar-refractivity contribution in [1.82, 2.24) is 14.7 Å². The number of morpholine rings is 1. The Bertz CT molecular complexity index is 1500. The number of ether oxygens (including phenoxy) is 1. The predicted octanol–water partition coefficient (Wildman–Crippen LogP) is 3.66. The molecule has 2 unspecified atom stereocenters. The summed E-state index contributed by atoms with van der Waals surface area (Å²) in [7, 11) is 0. The van der Waals surface area contributed by atoms with Crippen LogP contribution < -0.4 is 4.90 Å². The zero-order valence-electron chi connectivity index (χ0n) is 25.3. The number of carbonyl (C=O) groups is 3. The number of piperazine rings is 1. The molecule has 9 nitrogen and oxygen atoms in total. The predicted molar refractivity (Wildman–Crippen MR) is 160 cm³/mol. The highest BCUT2D eigenvalue weighted by Gasteiger charge is 2.49. The number of nitrogens with zero attached hydrogens (tertiary/aromatic N) is 5. The molecule has 0 spiro atoms. The first-order valence-corrected chi connectivity index (χ1v) is 15.0. The van der Waals surface area contributed by atoms with E-state index in [9.17, 15) is 32.8 Å². The first-order valence-electron chi connectivity index (χ1n) is 15.0. The summed E-state index contributed by atoms with van der Waals surface area (Å²) in [4.78, 5) is 49.2. The highest BCUT2D eigenvalue weighted by molar-refractivity contribution is 6.15. The number of allylic oxidation sites excluding steroid dienone is 2. The maximum atomic E-state index is 14.4. The molecule has 5 rings (SSSR count). The van der Waals surface area contributed by atoms with Gasteiger partial charge in [-0.2, -0.15) is 18.4 Å². The minimum Gasteiger partial charge on any atom is -0.379 e. The summed E-state index contributed by atoms with van der Waals surface area (Å²) in [6, 6.07) is 12.7. The lowest BCUT2D eigenvalue weighted by Gasteiger charge is -2.43. The van der Waals surface area contributed by atoms with Gasteiger partial charge in [0.15, 0.2) is 5.78 Å². The van der Waals surface area contributed by atoms with Gasteiger partial charge in [-0.3, -0.25) is 29.1 Å². The summed E-state index contributed by atoms with van der Waals surface area (Å²) >= 11 is 0. The third-order valence-corrected chi connectivity index (χ3v) is 8.85. The highest BCUT2D eigenvalue weighted by atomic mass is 19.4. The normalized spacial score (nSPS) is 22.0. The van der Waals surface area contributed by atoms with Gasteiger partial charge in [0, 0.05) is 75.2 Å². The van der Waals surface area contributed by atoms with E-state index in [1.807, 2.05) is 6.07 Å². The van der Waals surface area contributed by atoms with Crippen LogP contribution in [0.15, 0.2) is 59.8 Å². The number of benzene rings is 2. The first kappa shape index (κ1) is 32.3. The second-order valence-corrected chi connectivity index (χ2v) is 11.6. The number of amides is 2. The Labute approximate surface area is 260 Å². The summed E-state index contributed by atoms with van der Waals surface area (Å²) in [6.07, 6.45) is -4.66. The molecule has 2 aromatic carbocycles. The molecule has 12 heteroatoms. The molecule has 3 heterocycles. The molecule has 0 aromatic heterocycles. The molecular weight excluding hydrogens is 587 g/mol. The summed E-state index contributed by atoms with van der Waals surface area (Å²) < 4.78 is 46.4. The van der Waals surface area contributed by atoms with E-state index in [2.05, 4.69) is 9.80 Å². The van der Waals surface area contributed by atoms with E-state index in [-0.39, 0.29) is 17.0 Å². The van der Waals surface area contributed by atoms with Crippen LogP contribution in [0.2, 0.25) is 0 Å². The number of nitriles is 1. The van der Waals surface area contributed by atoms with Gasteiger partial charge in [0.25, 0.3) is 0 Å². The Kier molecular flexibility index (Phi) is 9.72. The minimum atomic E-state index is -4.66. The van der Waals surface area contributed by atoms with E-state index in [1.54, 1.807) is 29.2 Å². The molecule has 0 aliphatic carbocycles. The number of carbonyl (C=O) groups excluding carboxylic acids is 3. The molecule has 0 radical (unpaired) electrons. The van der Waals surface area contributed by atoms with Crippen LogP contribution in [0.1, 0.15) is 36.5 Å². The monoisotopic (exact) mass is 623 g/mol. The van der Waals surface area contributed by atoms with Crippen molar-refractivity contribution in [1.29, 1.82) is 5.26 Å². The van der Waals surface area contributed by atoms with Gasteiger partial charge < -0.3 is 9.64 Å². The molecule has 238 valence electrons. The van der Waals surface area contributed by atoms with E-state index >= 15 is 0 Å². The maximum Gasteiger partial charge on any atom is 0.416 e. The number of hydrogen-bond donors (Lipinski definition) is 0. The van der Waals surface area contributed by atoms with Crippen LogP contribution in [0.3, 0.4) is 0 Å². The van der Waals surface area contributed by atoms with Crippen molar-refractivity contribution in [3.05, 3.63) is 76.5 Å². The number of Topliss-reactive ketones (excluding diaryl/α,β-unsaturated/α-hetero) is 1. The lowest BCUT2D eigenvalue weighted by atomic mass is 9.73. The third kappa shape index (κ3) is 6.96. The van der Waals surface area contributed by atoms with Gasteiger partial charge in [-0.15, -0.1) is 0 Å². The van der Waals surface area contributed by atoms with Crippen LogP contribution in [0.25, 0.3) is 0 Å². The van der Waals surface area contributed by atoms with E-state index in [0.29, 0.717) is 50.5 Å². The quantitative estimate of drug-likeness (QED) is 0.435. The lowest BCUT2D eigenvalue weighted by molar-refractivity contribution is -0.144. The second-order valence-electron chi connectivity index (χ2n) is 11.6. The molecule has 45 heavy (non-hydrogen) atoms. The number of ketones is 1. The van der Waals surface area contributed by atoms with Crippen LogP contribution >= 0.6 is 0 Å². The smallest absolute Gasteiger partial charge is 0.379 e. The standard InChI is InChI=1S/C33H36F3N5O4/c1-22-28(23(2)42)29(25-8-6-24(21-37)7-9-25)30(32(44)41(22)27-5-3-4-26(20-27)33(34,35)36)31(43)40-14-12-38(13-15-40)10-11-39-16-18-45-19-17-39/h3-9,20,29-30H,10-19H2,1-2H3. The average molecular weight is 624 g/mol. The molecule has 3 aliphatic heterocycles. The van der Waals surface area contributed by atoms with E-state index in [0.717, 1.165) is 43.2 Å². The third-order valence-electron chi connectivity index (χ3n) is 8.85. The largest absolute Gasteiger partial charge is 0.416 e. The SMILES string of the molecule is CC(=O)C1=C(C)N(c2cccc(C(F)(F)F)c2)C(=O)C(C(=O)N2CCN(CCN3CCOCC3)CC2)C1c1ccc(C#N)cc1. The number of anilines is 1. The lowest BCUT2D eigenvalue weighted by Crippen LogP contribution is -2.56. The van der Waals surface area contributed by atoms with Gasteiger partial charge in [0.2, 0.25) is 11.8 Å². The Morgan fingerprint density at radius 3 is 2.16 bits per heavy atom. The number of alkyl halides is 3. The van der Waals surface area contributed by atoms with Gasteiger partial charge in [-0.1, -0.05) is 18.2 Å². The van der Waals surface area contributed by atoms with Gasteiger partial charge in [-0.05, 0) is 49.7 Å². The van der Waals surface area contributed by atoms with Crippen molar-refractivity contribution < 1.29 is 32.3 Å². The van der Waals surface area contributed by atoms with Crippen molar-refractivity contribution in [2.24, 2.45) is 5.92 Å². The van der Waals surface area contributed by atoms with Gasteiger partial charge in [0.05, 0.1) is 30.4 Å². The Morgan fingerprint density at radius 2 is 1.58 bits per heavy atom. The van der Waals surface area contributed by atoms with Crippen molar-refractivity contribution in [2.45, 2.75) is 25.9 Å². The fourth-order valence-corrected chi connectivity index (χ4v) is 6.44. The zero-order chi connectivity index (χ0) is 32.3. The molecular formula is C33H36F3N5O4. The van der Waals surface area contributed by atoms with E-state index in [1.165, 1.54) is 26.0 Å². The first-order chi connectivity index (χ1) is 21.5. The summed E-state index contributed by atoms with van der Waals surface area (Å²) in [5.74, 6) is -3.96. The topological polar surface area (TPSA) is 97.2 Å². The molecule has 2 saturated heterocycles. The number of hydrogen-bond acceptors (Lipinski definition) is 7. The highest BCUT2D eigenvalue weighted by Crippen LogP contribution is 2.44. The Balaban J connectivity index is 1.48. The fourth-order valence-electron chi connectivity index (χ4n) is 6.44. The van der Waals surface area contributed by atoms with Crippen LogP contribution in [0.4, 0.5) is 18.9 Å². The van der Waals surface area contributed by atoms with Gasteiger partial charge >= 0.3 is 6.18 Å². The van der Waals surface area contributed by atoms with Crippen molar-refractivity contribution in [3.8, 4) is 6.07 Å². The average Bonchev–Trinajstić information content (AvgIpc) is 3.03. The van der Waals surface area contributed by atoms with Crippen LogP contribution in [-0.2, 0) is 25.3 Å². The molecule has 0 N–H and O–H groups in total. The van der Waals surface area contributed by atoms with E-state index in [4.69, 9.17) is 4.74 Å². The van der Waals surface area contributed by atoms with Crippen molar-refractivity contribution >= 4 is 23.3 Å². The number of rotatable bonds is 7. The van der Waals surface area contributed by atoms with Gasteiger partial charge in [-0.25, -0.2) is 0 Å². The maximum absolute atomic E-state index is 14.4. The van der Waals surface area contributed by atoms with E-state index < -0.39 is 41.2 Å². The molecule has 0 bridgehead atoms. The zero-order valence-corrected chi connectivity index (χ0v) is 25.3. The van der Waals surface area contributed by atoms with Crippen LogP contribution in [-0.4, -0.2) is 97.9 Å². The van der Waals surface area contributed by atoms with Crippen molar-refractivity contribution in [2.75, 3.05) is 70.5 Å². The molecule has 2 fully saturated rings. The minimum absolute atomic E-state index is 0.0740. The van der Waals surface area contributed by atoms with Crippen molar-refractivity contribution in [3.63, 3.8) is 0 Å². The summed E-state index contributed by atoms with van der Waals surface area (Å²) in [6.45, 7) is 9.69. The fraction of sp³-hybridized carbons (Fsp3) is 0.455. The summed E-state index contributed by atoms with van der Waals surface area (Å²) in [5, 5.41) is 9.32. The molecule has 2 amide bonds. The second kappa shape index (κ2) is 13.5. The molecule has 2 aromatic rings. The van der Waals surface area contributed by atoms with Crippen LogP contribution in [0.5, 0.6) is 0 Å². The Hall–Kier alpha value is -4.05. The molecule has 2 atom stereocenters. The summed E-state index contributed by atoms with van der Waals surface area (Å²) in [5.41, 5.74) is 0.174. The number of halogens is 3. The van der Waals surface area contributed by atoms with Gasteiger partial charge in [0.1, 0.15) is 5.92 Å². The molecule has 3 aliphatic rings. The Morgan fingerprint density at radius 1 is 0.956 bits per heavy atom. The molecule has 0 saturated carbocycles.